The van der Waals surface area contributed by atoms with Crippen LogP contribution < -0.4 is 0 Å². The van der Waals surface area contributed by atoms with E-state index in [-0.39, 0.29) is 17.2 Å². The van der Waals surface area contributed by atoms with Crippen molar-refractivity contribution < 1.29 is 14.7 Å². The summed E-state index contributed by atoms with van der Waals surface area (Å²) in [5.74, 6) is -0.781. The summed E-state index contributed by atoms with van der Waals surface area (Å²) >= 11 is 5.92. The van der Waals surface area contributed by atoms with Crippen LogP contribution >= 0.6 is 11.6 Å². The van der Waals surface area contributed by atoms with Gasteiger partial charge in [0, 0.05) is 18.1 Å². The molecule has 1 amide bonds. The summed E-state index contributed by atoms with van der Waals surface area (Å²) in [7, 11) is 0. The number of hydrogen-bond acceptors (Lipinski definition) is 2. The van der Waals surface area contributed by atoms with Crippen LogP contribution in [-0.4, -0.2) is 35.0 Å². The molecule has 1 aromatic rings. The number of halogens is 1. The molecule has 112 valence electrons. The van der Waals surface area contributed by atoms with Gasteiger partial charge in [-0.1, -0.05) is 23.7 Å². The van der Waals surface area contributed by atoms with Crippen molar-refractivity contribution in [3.63, 3.8) is 0 Å². The minimum absolute atomic E-state index is 0.0291. The van der Waals surface area contributed by atoms with Crippen molar-refractivity contribution in [1.82, 2.24) is 4.90 Å². The number of piperidine rings is 1. The maximum atomic E-state index is 12.3. The summed E-state index contributed by atoms with van der Waals surface area (Å²) in [4.78, 5) is 25.2. The molecular formula is C16H18ClNO3. The van der Waals surface area contributed by atoms with E-state index < -0.39 is 5.97 Å². The van der Waals surface area contributed by atoms with Crippen LogP contribution in [0, 0.1) is 11.3 Å². The number of nitrogens with zero attached hydrogens (tertiary/aromatic N) is 1. The van der Waals surface area contributed by atoms with Crippen molar-refractivity contribution >= 4 is 23.5 Å². The van der Waals surface area contributed by atoms with E-state index >= 15 is 0 Å². The zero-order valence-electron chi connectivity index (χ0n) is 11.7. The summed E-state index contributed by atoms with van der Waals surface area (Å²) in [6, 6.07) is 7.35. The number of aliphatic carboxylic acids is 1. The monoisotopic (exact) mass is 307 g/mol. The zero-order valence-corrected chi connectivity index (χ0v) is 12.5. The van der Waals surface area contributed by atoms with E-state index in [2.05, 4.69) is 0 Å². The highest BCUT2D eigenvalue weighted by Crippen LogP contribution is 2.59. The first-order valence-corrected chi connectivity index (χ1v) is 7.63. The number of carboxylic acid groups (broad SMARTS) is 1. The first kappa shape index (κ1) is 14.4. The normalized spacial score (nSPS) is 23.1. The van der Waals surface area contributed by atoms with E-state index in [4.69, 9.17) is 16.7 Å². The van der Waals surface area contributed by atoms with E-state index in [0.717, 1.165) is 24.8 Å². The third kappa shape index (κ3) is 2.91. The summed E-state index contributed by atoms with van der Waals surface area (Å²) in [5, 5.41) is 9.71. The molecule has 21 heavy (non-hydrogen) atoms. The van der Waals surface area contributed by atoms with Gasteiger partial charge in [0.15, 0.2) is 0 Å². The summed E-state index contributed by atoms with van der Waals surface area (Å²) < 4.78 is 0. The van der Waals surface area contributed by atoms with Gasteiger partial charge in [0.1, 0.15) is 0 Å². The molecule has 1 aliphatic carbocycles. The maximum Gasteiger partial charge on any atom is 0.307 e. The Morgan fingerprint density at radius 1 is 1.33 bits per heavy atom. The molecule has 1 saturated heterocycles. The average Bonchev–Trinajstić information content (AvgIpc) is 3.14. The Bertz CT molecular complexity index is 579. The molecule has 0 bridgehead atoms. The highest BCUT2D eigenvalue weighted by Gasteiger charge is 2.59. The number of likely N-dealkylation sites (tertiary alicyclic amines) is 1. The first-order valence-electron chi connectivity index (χ1n) is 7.25. The Kier molecular flexibility index (Phi) is 3.66. The Balaban J connectivity index is 1.55. The highest BCUT2D eigenvalue weighted by molar-refractivity contribution is 6.30. The van der Waals surface area contributed by atoms with Gasteiger partial charge in [0.05, 0.1) is 12.3 Å². The van der Waals surface area contributed by atoms with Gasteiger partial charge in [-0.2, -0.15) is 0 Å². The number of carbonyl (C=O) groups is 2. The smallest absolute Gasteiger partial charge is 0.307 e. The van der Waals surface area contributed by atoms with Crippen LogP contribution in [0.2, 0.25) is 5.02 Å². The molecule has 1 spiro atoms. The van der Waals surface area contributed by atoms with E-state index in [1.54, 1.807) is 6.07 Å². The minimum atomic E-state index is -0.686. The van der Waals surface area contributed by atoms with Crippen molar-refractivity contribution in [3.05, 3.63) is 34.9 Å². The number of carbonyl (C=O) groups excluding carboxylic acids is 1. The molecule has 1 unspecified atom stereocenters. The molecule has 0 aromatic heterocycles. The molecule has 5 heteroatoms. The Hall–Kier alpha value is -1.55. The standard InChI is InChI=1S/C16H18ClNO3/c17-12-3-1-2-11(8-12)9-14(19)18-6-4-16(5-7-18)10-13(16)15(20)21/h1-3,8,13H,4-7,9-10H2,(H,20,21). The fraction of sp³-hybridized carbons (Fsp3) is 0.500. The summed E-state index contributed by atoms with van der Waals surface area (Å²) in [6.45, 7) is 1.34. The lowest BCUT2D eigenvalue weighted by Crippen LogP contribution is -2.40. The number of amides is 1. The lowest BCUT2D eigenvalue weighted by atomic mass is 9.90. The molecule has 1 saturated carbocycles. The quantitative estimate of drug-likeness (QED) is 0.934. The van der Waals surface area contributed by atoms with Crippen LogP contribution in [-0.2, 0) is 16.0 Å². The summed E-state index contributed by atoms with van der Waals surface area (Å²) in [5.41, 5.74) is 0.890. The van der Waals surface area contributed by atoms with Crippen molar-refractivity contribution in [2.24, 2.45) is 11.3 Å². The Morgan fingerprint density at radius 2 is 2.05 bits per heavy atom. The van der Waals surface area contributed by atoms with Gasteiger partial charge in [-0.25, -0.2) is 0 Å². The van der Waals surface area contributed by atoms with Crippen LogP contribution in [0.25, 0.3) is 0 Å². The van der Waals surface area contributed by atoms with Crippen LogP contribution in [0.3, 0.4) is 0 Å². The molecule has 0 radical (unpaired) electrons. The fourth-order valence-electron chi connectivity index (χ4n) is 3.38. The third-order valence-corrected chi connectivity index (χ3v) is 5.08. The van der Waals surface area contributed by atoms with Crippen LogP contribution in [0.15, 0.2) is 24.3 Å². The van der Waals surface area contributed by atoms with Gasteiger partial charge in [0.25, 0.3) is 0 Å². The lowest BCUT2D eigenvalue weighted by Gasteiger charge is -2.32. The topological polar surface area (TPSA) is 57.6 Å². The molecule has 2 fully saturated rings. The van der Waals surface area contributed by atoms with E-state index in [0.29, 0.717) is 24.5 Å². The van der Waals surface area contributed by atoms with Gasteiger partial charge in [-0.15, -0.1) is 0 Å². The van der Waals surface area contributed by atoms with Gasteiger partial charge < -0.3 is 10.0 Å². The maximum absolute atomic E-state index is 12.3. The largest absolute Gasteiger partial charge is 0.481 e. The minimum Gasteiger partial charge on any atom is -0.481 e. The second-order valence-electron chi connectivity index (χ2n) is 6.14. The van der Waals surface area contributed by atoms with Crippen LogP contribution in [0.4, 0.5) is 0 Å². The predicted molar refractivity (Wildman–Crippen MR) is 79.1 cm³/mol. The third-order valence-electron chi connectivity index (χ3n) is 4.84. The number of rotatable bonds is 3. The molecule has 1 N–H and O–H groups in total. The van der Waals surface area contributed by atoms with Crippen molar-refractivity contribution in [1.29, 1.82) is 0 Å². The molecule has 1 aromatic carbocycles. The second kappa shape index (κ2) is 5.34. The highest BCUT2D eigenvalue weighted by atomic mass is 35.5. The van der Waals surface area contributed by atoms with E-state index in [1.807, 2.05) is 23.1 Å². The average molecular weight is 308 g/mol. The molecule has 2 aliphatic rings. The molecule has 1 atom stereocenters. The van der Waals surface area contributed by atoms with Gasteiger partial charge >= 0.3 is 5.97 Å². The van der Waals surface area contributed by atoms with Gasteiger partial charge in [-0.05, 0) is 42.4 Å². The molecule has 3 rings (SSSR count). The fourth-order valence-corrected chi connectivity index (χ4v) is 3.60. The Labute approximate surface area is 128 Å². The zero-order chi connectivity index (χ0) is 15.0. The van der Waals surface area contributed by atoms with Gasteiger partial charge in [-0.3, -0.25) is 9.59 Å². The molecule has 1 aliphatic heterocycles. The van der Waals surface area contributed by atoms with Crippen molar-refractivity contribution in [2.45, 2.75) is 25.7 Å². The Morgan fingerprint density at radius 3 is 2.62 bits per heavy atom. The molecule has 1 heterocycles. The summed E-state index contributed by atoms with van der Waals surface area (Å²) in [6.07, 6.45) is 2.76. The van der Waals surface area contributed by atoms with Crippen LogP contribution in [0.5, 0.6) is 0 Å². The van der Waals surface area contributed by atoms with Crippen LogP contribution in [0.1, 0.15) is 24.8 Å². The predicted octanol–water partition coefficient (Wildman–Crippen LogP) is 2.60. The number of carboxylic acids is 1. The lowest BCUT2D eigenvalue weighted by molar-refractivity contribution is -0.139. The van der Waals surface area contributed by atoms with Crippen molar-refractivity contribution in [3.8, 4) is 0 Å². The number of benzene rings is 1. The van der Waals surface area contributed by atoms with E-state index in [9.17, 15) is 9.59 Å². The van der Waals surface area contributed by atoms with Crippen molar-refractivity contribution in [2.75, 3.05) is 13.1 Å². The molecular weight excluding hydrogens is 290 g/mol. The number of hydrogen-bond donors (Lipinski definition) is 1. The van der Waals surface area contributed by atoms with E-state index in [1.165, 1.54) is 0 Å². The second-order valence-corrected chi connectivity index (χ2v) is 6.58. The molecule has 4 nitrogen and oxygen atoms in total. The first-order chi connectivity index (χ1) is 10.00. The SMILES string of the molecule is O=C(O)C1CC12CCN(C(=O)Cc1cccc(Cl)c1)CC2. The van der Waals surface area contributed by atoms with Gasteiger partial charge in [0.2, 0.25) is 5.91 Å².